The molecule has 17 heavy (non-hydrogen) atoms. The number of hydrogen-bond acceptors (Lipinski definition) is 2. The highest BCUT2D eigenvalue weighted by Gasteiger charge is 2.23. The van der Waals surface area contributed by atoms with Crippen molar-refractivity contribution in [1.29, 1.82) is 0 Å². The lowest BCUT2D eigenvalue weighted by atomic mass is 10.1. The van der Waals surface area contributed by atoms with Crippen LogP contribution in [0.25, 0.3) is 0 Å². The van der Waals surface area contributed by atoms with Crippen molar-refractivity contribution in [3.63, 3.8) is 0 Å². The maximum Gasteiger partial charge on any atom is 0.254 e. The summed E-state index contributed by atoms with van der Waals surface area (Å²) in [7, 11) is 0. The van der Waals surface area contributed by atoms with Gasteiger partial charge in [-0.15, -0.1) is 0 Å². The minimum Gasteiger partial charge on any atom is -0.375 e. The third kappa shape index (κ3) is 3.07. The summed E-state index contributed by atoms with van der Waals surface area (Å²) in [6.45, 7) is 4.11. The van der Waals surface area contributed by atoms with E-state index in [4.69, 9.17) is 4.74 Å². The highest BCUT2D eigenvalue weighted by molar-refractivity contribution is 9.10. The summed E-state index contributed by atoms with van der Waals surface area (Å²) in [5, 5.41) is 0. The minimum absolute atomic E-state index is 0.0965. The van der Waals surface area contributed by atoms with Gasteiger partial charge in [-0.05, 0) is 30.7 Å². The summed E-state index contributed by atoms with van der Waals surface area (Å²) in [6.07, 6.45) is 1.13. The normalized spacial score (nSPS) is 20.4. The van der Waals surface area contributed by atoms with E-state index in [1.54, 1.807) is 0 Å². The fourth-order valence-corrected chi connectivity index (χ4v) is 2.19. The molecule has 1 fully saturated rings. The summed E-state index contributed by atoms with van der Waals surface area (Å²) in [4.78, 5) is 14.1. The van der Waals surface area contributed by atoms with E-state index < -0.39 is 0 Å². The van der Waals surface area contributed by atoms with E-state index in [1.807, 2.05) is 29.2 Å². The zero-order valence-electron chi connectivity index (χ0n) is 9.86. The van der Waals surface area contributed by atoms with Gasteiger partial charge in [-0.2, -0.15) is 0 Å². The average Bonchev–Trinajstić information content (AvgIpc) is 2.39. The Morgan fingerprint density at radius 1 is 1.47 bits per heavy atom. The summed E-state index contributed by atoms with van der Waals surface area (Å²) >= 11 is 3.37. The molecule has 0 radical (unpaired) electrons. The number of carbonyl (C=O) groups is 1. The Hall–Kier alpha value is -0.870. The second-order valence-electron chi connectivity index (χ2n) is 4.16. The predicted octanol–water partition coefficient (Wildman–Crippen LogP) is 2.70. The van der Waals surface area contributed by atoms with Crippen LogP contribution >= 0.6 is 15.9 Å². The largest absolute Gasteiger partial charge is 0.375 e. The molecule has 0 spiro atoms. The van der Waals surface area contributed by atoms with Crippen LogP contribution in [0, 0.1) is 0 Å². The lowest BCUT2D eigenvalue weighted by Gasteiger charge is -2.32. The van der Waals surface area contributed by atoms with E-state index in [0.29, 0.717) is 19.7 Å². The van der Waals surface area contributed by atoms with Gasteiger partial charge in [0.2, 0.25) is 0 Å². The molecular weight excluding hydrogens is 282 g/mol. The molecule has 1 heterocycles. The molecule has 1 aliphatic heterocycles. The zero-order valence-corrected chi connectivity index (χ0v) is 11.4. The van der Waals surface area contributed by atoms with Crippen LogP contribution in [0.15, 0.2) is 28.7 Å². The van der Waals surface area contributed by atoms with E-state index in [-0.39, 0.29) is 12.0 Å². The number of morpholine rings is 1. The third-order valence-corrected chi connectivity index (χ3v) is 3.50. The number of nitrogens with zero attached hydrogens (tertiary/aromatic N) is 1. The molecule has 1 amide bonds. The quantitative estimate of drug-likeness (QED) is 0.840. The molecule has 0 N–H and O–H groups in total. The van der Waals surface area contributed by atoms with Gasteiger partial charge < -0.3 is 9.64 Å². The number of benzene rings is 1. The van der Waals surface area contributed by atoms with E-state index >= 15 is 0 Å². The number of hydrogen-bond donors (Lipinski definition) is 0. The first-order valence-electron chi connectivity index (χ1n) is 5.87. The van der Waals surface area contributed by atoms with Crippen molar-refractivity contribution in [2.45, 2.75) is 19.4 Å². The highest BCUT2D eigenvalue weighted by atomic mass is 79.9. The molecule has 1 aromatic rings. The Balaban J connectivity index is 2.06. The Labute approximate surface area is 110 Å². The first-order valence-corrected chi connectivity index (χ1v) is 6.66. The van der Waals surface area contributed by atoms with Crippen LogP contribution in [0.2, 0.25) is 0 Å². The first-order chi connectivity index (χ1) is 8.20. The van der Waals surface area contributed by atoms with Crippen molar-refractivity contribution in [3.8, 4) is 0 Å². The van der Waals surface area contributed by atoms with E-state index in [2.05, 4.69) is 22.9 Å². The van der Waals surface area contributed by atoms with Gasteiger partial charge in [-0.25, -0.2) is 0 Å². The van der Waals surface area contributed by atoms with Crippen molar-refractivity contribution in [3.05, 3.63) is 34.3 Å². The summed E-state index contributed by atoms with van der Waals surface area (Å²) in [5.74, 6) is 0.0965. The maximum atomic E-state index is 12.2. The minimum atomic E-state index is 0.0965. The van der Waals surface area contributed by atoms with Crippen LogP contribution < -0.4 is 0 Å². The van der Waals surface area contributed by atoms with Crippen LogP contribution in [0.4, 0.5) is 0 Å². The molecule has 0 aliphatic carbocycles. The molecule has 2 rings (SSSR count). The van der Waals surface area contributed by atoms with E-state index in [0.717, 1.165) is 16.5 Å². The van der Waals surface area contributed by atoms with Crippen molar-refractivity contribution in [1.82, 2.24) is 4.90 Å². The Morgan fingerprint density at radius 2 is 2.18 bits per heavy atom. The molecule has 0 saturated carbocycles. The molecule has 1 aliphatic rings. The van der Waals surface area contributed by atoms with Gasteiger partial charge in [0.25, 0.3) is 5.91 Å². The fourth-order valence-electron chi connectivity index (χ4n) is 1.93. The summed E-state index contributed by atoms with van der Waals surface area (Å²) < 4.78 is 6.55. The predicted molar refractivity (Wildman–Crippen MR) is 70.1 cm³/mol. The second-order valence-corrected chi connectivity index (χ2v) is 5.07. The van der Waals surface area contributed by atoms with Crippen molar-refractivity contribution >= 4 is 21.8 Å². The molecule has 4 heteroatoms. The topological polar surface area (TPSA) is 29.5 Å². The van der Waals surface area contributed by atoms with Gasteiger partial charge in [0.1, 0.15) is 0 Å². The van der Waals surface area contributed by atoms with Crippen LogP contribution in [-0.4, -0.2) is 36.6 Å². The van der Waals surface area contributed by atoms with Gasteiger partial charge in [-0.1, -0.05) is 22.9 Å². The molecule has 1 atom stereocenters. The highest BCUT2D eigenvalue weighted by Crippen LogP contribution is 2.15. The molecule has 0 aromatic heterocycles. The molecule has 1 saturated heterocycles. The van der Waals surface area contributed by atoms with Crippen LogP contribution in [0.1, 0.15) is 23.7 Å². The second kappa shape index (κ2) is 5.65. The Morgan fingerprint density at radius 3 is 2.82 bits per heavy atom. The molecule has 1 unspecified atom stereocenters. The third-order valence-electron chi connectivity index (χ3n) is 2.97. The van der Waals surface area contributed by atoms with Gasteiger partial charge in [0.15, 0.2) is 0 Å². The monoisotopic (exact) mass is 297 g/mol. The Bertz CT molecular complexity index is 391. The smallest absolute Gasteiger partial charge is 0.254 e. The Kier molecular flexibility index (Phi) is 4.18. The van der Waals surface area contributed by atoms with Gasteiger partial charge in [0.05, 0.1) is 12.7 Å². The number of halogens is 1. The SMILES string of the molecule is CCC1CN(C(=O)c2ccc(Br)cc2)CCO1. The number of carbonyl (C=O) groups excluding carboxylic acids is 1. The van der Waals surface area contributed by atoms with Crippen LogP contribution in [0.5, 0.6) is 0 Å². The molecule has 1 aromatic carbocycles. The maximum absolute atomic E-state index is 12.2. The number of amides is 1. The standard InChI is InChI=1S/C13H16BrNO2/c1-2-12-9-15(7-8-17-12)13(16)10-3-5-11(14)6-4-10/h3-6,12H,2,7-9H2,1H3. The zero-order chi connectivity index (χ0) is 12.3. The first kappa shape index (κ1) is 12.6. The molecule has 3 nitrogen and oxygen atoms in total. The number of ether oxygens (including phenoxy) is 1. The number of rotatable bonds is 2. The molecule has 0 bridgehead atoms. The van der Waals surface area contributed by atoms with E-state index in [9.17, 15) is 4.79 Å². The van der Waals surface area contributed by atoms with Gasteiger partial charge in [-0.3, -0.25) is 4.79 Å². The van der Waals surface area contributed by atoms with Gasteiger partial charge >= 0.3 is 0 Å². The summed E-state index contributed by atoms with van der Waals surface area (Å²) in [5.41, 5.74) is 0.741. The molecular formula is C13H16BrNO2. The lowest BCUT2D eigenvalue weighted by Crippen LogP contribution is -2.45. The lowest BCUT2D eigenvalue weighted by molar-refractivity contribution is -0.0226. The van der Waals surface area contributed by atoms with E-state index in [1.165, 1.54) is 0 Å². The molecule has 92 valence electrons. The van der Waals surface area contributed by atoms with Gasteiger partial charge in [0, 0.05) is 23.1 Å². The van der Waals surface area contributed by atoms with Crippen molar-refractivity contribution in [2.75, 3.05) is 19.7 Å². The fraction of sp³-hybridized carbons (Fsp3) is 0.462. The summed E-state index contributed by atoms with van der Waals surface area (Å²) in [6, 6.07) is 7.49. The van der Waals surface area contributed by atoms with Crippen LogP contribution in [0.3, 0.4) is 0 Å². The van der Waals surface area contributed by atoms with Crippen LogP contribution in [-0.2, 0) is 4.74 Å². The average molecular weight is 298 g/mol. The van der Waals surface area contributed by atoms with Crippen molar-refractivity contribution in [2.24, 2.45) is 0 Å². The van der Waals surface area contributed by atoms with Crippen molar-refractivity contribution < 1.29 is 9.53 Å².